The summed E-state index contributed by atoms with van der Waals surface area (Å²) in [5.41, 5.74) is 1.43. The Hall–Kier alpha value is -1.88. The molecule has 0 bridgehead atoms. The molecule has 0 aliphatic rings. The Balaban J connectivity index is 2.48. The van der Waals surface area contributed by atoms with E-state index in [0.717, 1.165) is 10.6 Å². The van der Waals surface area contributed by atoms with E-state index in [1.54, 1.807) is 12.1 Å². The van der Waals surface area contributed by atoms with E-state index in [9.17, 15) is 4.39 Å². The molecule has 0 spiro atoms. The van der Waals surface area contributed by atoms with Gasteiger partial charge in [-0.05, 0) is 24.9 Å². The minimum atomic E-state index is -0.508. The fraction of sp³-hybridized carbons (Fsp3) is 0. The van der Waals surface area contributed by atoms with Crippen LogP contribution in [0.2, 0.25) is 0 Å². The van der Waals surface area contributed by atoms with Crippen molar-refractivity contribution in [3.05, 3.63) is 36.6 Å². The molecule has 0 atom stereocenters. The highest BCUT2D eigenvalue weighted by molar-refractivity contribution is 7.19. The van der Waals surface area contributed by atoms with E-state index in [-0.39, 0.29) is 0 Å². The quantitative estimate of drug-likeness (QED) is 0.602. The highest BCUT2D eigenvalue weighted by Crippen LogP contribution is 2.34. The van der Waals surface area contributed by atoms with Crippen LogP contribution in [-0.4, -0.2) is 16.7 Å². The van der Waals surface area contributed by atoms with Gasteiger partial charge in [0.1, 0.15) is 15.7 Å². The first-order chi connectivity index (χ1) is 7.74. The number of nitrogens with zero attached hydrogens (tertiary/aromatic N) is 3. The van der Waals surface area contributed by atoms with Crippen LogP contribution >= 0.6 is 11.3 Å². The van der Waals surface area contributed by atoms with E-state index in [1.165, 1.54) is 23.6 Å². The number of pyridine rings is 1. The largest absolute Gasteiger partial charge is 0.251 e. The summed E-state index contributed by atoms with van der Waals surface area (Å²) in [4.78, 5) is 11.7. The summed E-state index contributed by atoms with van der Waals surface area (Å²) in [6, 6.07) is 2.92. The summed E-state index contributed by atoms with van der Waals surface area (Å²) in [7, 11) is 0. The Kier molecular flexibility index (Phi) is 2.87. The second kappa shape index (κ2) is 4.32. The van der Waals surface area contributed by atoms with Crippen molar-refractivity contribution in [3.63, 3.8) is 0 Å². The molecule has 0 aliphatic carbocycles. The lowest BCUT2D eigenvalue weighted by Gasteiger charge is -1.93. The van der Waals surface area contributed by atoms with Crippen molar-refractivity contribution in [2.45, 2.75) is 0 Å². The maximum absolute atomic E-state index is 12.6. The molecule has 0 aliphatic heterocycles. The van der Waals surface area contributed by atoms with Crippen LogP contribution in [0, 0.1) is 5.95 Å². The predicted molar refractivity (Wildman–Crippen MR) is 64.6 cm³/mol. The van der Waals surface area contributed by atoms with Crippen LogP contribution in [0.4, 0.5) is 9.39 Å². The molecule has 0 N–H and O–H groups in total. The Bertz CT molecular complexity index is 505. The minimum absolute atomic E-state index is 0.508. The third kappa shape index (κ3) is 1.90. The SMILES string of the molecule is C=Cc1nc(-c2ccc(F)nc2)sc1N=C. The van der Waals surface area contributed by atoms with Crippen molar-refractivity contribution >= 4 is 29.1 Å². The fourth-order valence-corrected chi connectivity index (χ4v) is 2.06. The second-order valence-corrected chi connectivity index (χ2v) is 3.92. The average molecular weight is 233 g/mol. The van der Waals surface area contributed by atoms with E-state index in [2.05, 4.69) is 28.3 Å². The van der Waals surface area contributed by atoms with Gasteiger partial charge >= 0.3 is 0 Å². The fourth-order valence-electron chi connectivity index (χ4n) is 1.20. The minimum Gasteiger partial charge on any atom is -0.251 e. The van der Waals surface area contributed by atoms with Gasteiger partial charge in [0.2, 0.25) is 5.95 Å². The second-order valence-electron chi connectivity index (χ2n) is 2.94. The molecule has 2 heterocycles. The van der Waals surface area contributed by atoms with Gasteiger partial charge in [0, 0.05) is 11.8 Å². The first-order valence-electron chi connectivity index (χ1n) is 4.46. The maximum atomic E-state index is 12.6. The molecule has 0 saturated heterocycles. The summed E-state index contributed by atoms with van der Waals surface area (Å²) in [6.45, 7) is 7.10. The number of aromatic nitrogens is 2. The van der Waals surface area contributed by atoms with Gasteiger partial charge in [0.15, 0.2) is 0 Å². The van der Waals surface area contributed by atoms with Crippen LogP contribution in [0.25, 0.3) is 16.6 Å². The van der Waals surface area contributed by atoms with Crippen LogP contribution < -0.4 is 0 Å². The molecule has 0 unspecified atom stereocenters. The van der Waals surface area contributed by atoms with Gasteiger partial charge in [0.25, 0.3) is 0 Å². The van der Waals surface area contributed by atoms with Crippen molar-refractivity contribution in [3.8, 4) is 10.6 Å². The molecule has 0 amide bonds. The van der Waals surface area contributed by atoms with Crippen molar-refractivity contribution in [2.75, 3.05) is 0 Å². The molecule has 0 saturated carbocycles. The van der Waals surface area contributed by atoms with Crippen molar-refractivity contribution < 1.29 is 4.39 Å². The van der Waals surface area contributed by atoms with Crippen LogP contribution in [-0.2, 0) is 0 Å². The highest BCUT2D eigenvalue weighted by atomic mass is 32.1. The number of halogens is 1. The van der Waals surface area contributed by atoms with Crippen molar-refractivity contribution in [1.82, 2.24) is 9.97 Å². The molecular formula is C11H8FN3S. The summed E-state index contributed by atoms with van der Waals surface area (Å²) < 4.78 is 12.6. The van der Waals surface area contributed by atoms with Gasteiger partial charge in [-0.3, -0.25) is 4.99 Å². The van der Waals surface area contributed by atoms with E-state index >= 15 is 0 Å². The molecule has 16 heavy (non-hydrogen) atoms. The number of hydrogen-bond acceptors (Lipinski definition) is 4. The smallest absolute Gasteiger partial charge is 0.212 e. The zero-order valence-corrected chi connectivity index (χ0v) is 9.17. The summed E-state index contributed by atoms with van der Waals surface area (Å²) >= 11 is 1.37. The molecule has 2 rings (SSSR count). The van der Waals surface area contributed by atoms with E-state index < -0.39 is 5.95 Å². The molecule has 5 heteroatoms. The molecule has 3 nitrogen and oxygen atoms in total. The normalized spacial score (nSPS) is 10.1. The van der Waals surface area contributed by atoms with Gasteiger partial charge in [-0.2, -0.15) is 4.39 Å². The van der Waals surface area contributed by atoms with Gasteiger partial charge in [-0.25, -0.2) is 9.97 Å². The van der Waals surface area contributed by atoms with Crippen molar-refractivity contribution in [1.29, 1.82) is 0 Å². The van der Waals surface area contributed by atoms with Gasteiger partial charge in [-0.1, -0.05) is 17.9 Å². The molecule has 0 radical (unpaired) electrons. The molecule has 2 aromatic rings. The zero-order valence-electron chi connectivity index (χ0n) is 8.35. The summed E-state index contributed by atoms with van der Waals surface area (Å²) in [5.74, 6) is -0.508. The van der Waals surface area contributed by atoms with Crippen molar-refractivity contribution in [2.24, 2.45) is 4.99 Å². The monoisotopic (exact) mass is 233 g/mol. The Labute approximate surface area is 96.0 Å². The lowest BCUT2D eigenvalue weighted by atomic mass is 10.3. The van der Waals surface area contributed by atoms with Gasteiger partial charge in [-0.15, -0.1) is 0 Å². The first kappa shape index (κ1) is 10.6. The zero-order chi connectivity index (χ0) is 11.5. The number of hydrogen-bond donors (Lipinski definition) is 0. The standard InChI is InChI=1S/C11H8FN3S/c1-3-8-11(13-2)16-10(15-8)7-4-5-9(12)14-6-7/h3-6H,1-2H2. The van der Waals surface area contributed by atoms with Crippen LogP contribution in [0.15, 0.2) is 29.9 Å². The molecular weight excluding hydrogens is 225 g/mol. The van der Waals surface area contributed by atoms with E-state index in [4.69, 9.17) is 0 Å². The number of aliphatic imine (C=N–C) groups is 1. The lowest BCUT2D eigenvalue weighted by Crippen LogP contribution is -1.82. The third-order valence-electron chi connectivity index (χ3n) is 1.95. The lowest BCUT2D eigenvalue weighted by molar-refractivity contribution is 0.584. The Morgan fingerprint density at radius 2 is 2.25 bits per heavy atom. The van der Waals surface area contributed by atoms with E-state index in [0.29, 0.717) is 10.7 Å². The van der Waals surface area contributed by atoms with Gasteiger partial charge < -0.3 is 0 Å². The van der Waals surface area contributed by atoms with Crippen LogP contribution in [0.5, 0.6) is 0 Å². The average Bonchev–Trinajstić information content (AvgIpc) is 2.73. The number of thiazole rings is 1. The Morgan fingerprint density at radius 3 is 2.75 bits per heavy atom. The molecule has 0 aromatic carbocycles. The van der Waals surface area contributed by atoms with Crippen LogP contribution in [0.1, 0.15) is 5.69 Å². The van der Waals surface area contributed by atoms with Gasteiger partial charge in [0.05, 0.1) is 0 Å². The molecule has 80 valence electrons. The summed E-state index contributed by atoms with van der Waals surface area (Å²) in [5, 5.41) is 1.43. The predicted octanol–water partition coefficient (Wildman–Crippen LogP) is 3.32. The molecule has 2 aromatic heterocycles. The topological polar surface area (TPSA) is 38.1 Å². The van der Waals surface area contributed by atoms with Crippen LogP contribution in [0.3, 0.4) is 0 Å². The summed E-state index contributed by atoms with van der Waals surface area (Å²) in [6.07, 6.45) is 3.05. The van der Waals surface area contributed by atoms with E-state index in [1.807, 2.05) is 0 Å². The third-order valence-corrected chi connectivity index (χ3v) is 3.00. The first-order valence-corrected chi connectivity index (χ1v) is 5.28. The molecule has 0 fully saturated rings. The maximum Gasteiger partial charge on any atom is 0.212 e. The Morgan fingerprint density at radius 1 is 1.44 bits per heavy atom. The highest BCUT2D eigenvalue weighted by Gasteiger charge is 2.09. The number of rotatable bonds is 3.